The van der Waals surface area contributed by atoms with Crippen molar-refractivity contribution in [2.75, 3.05) is 17.7 Å². The van der Waals surface area contributed by atoms with E-state index in [9.17, 15) is 4.79 Å². The molecule has 0 saturated heterocycles. The molecule has 1 aliphatic rings. The molecule has 0 unspecified atom stereocenters. The maximum absolute atomic E-state index is 13.4. The molecular weight excluding hydrogens is 558 g/mol. The first-order valence-electron chi connectivity index (χ1n) is 16.1. The lowest BCUT2D eigenvalue weighted by atomic mass is 9.94. The molecule has 45 heavy (non-hydrogen) atoms. The number of nitrogens with zero attached hydrogens (tertiary/aromatic N) is 3. The van der Waals surface area contributed by atoms with Gasteiger partial charge < -0.3 is 15.4 Å². The highest BCUT2D eigenvalue weighted by Gasteiger charge is 2.21. The number of Topliss-reactive ketones (excluding diaryl/α,β-unsaturated/α-hetero) is 1. The van der Waals surface area contributed by atoms with E-state index in [0.717, 1.165) is 57.9 Å². The molecule has 0 spiro atoms. The van der Waals surface area contributed by atoms with Gasteiger partial charge in [0.25, 0.3) is 0 Å². The third-order valence-electron chi connectivity index (χ3n) is 8.85. The second-order valence-electron chi connectivity index (χ2n) is 12.5. The fourth-order valence-corrected chi connectivity index (χ4v) is 6.47. The quantitative estimate of drug-likeness (QED) is 0.147. The summed E-state index contributed by atoms with van der Waals surface area (Å²) < 4.78 is 7.32. The Hall–Kier alpha value is -4.65. The lowest BCUT2D eigenvalue weighted by molar-refractivity contribution is 0.0993. The van der Waals surface area contributed by atoms with Crippen LogP contribution in [-0.4, -0.2) is 33.7 Å². The van der Waals surface area contributed by atoms with Gasteiger partial charge in [-0.05, 0) is 78.3 Å². The van der Waals surface area contributed by atoms with Crippen LogP contribution in [0.2, 0.25) is 0 Å². The van der Waals surface area contributed by atoms with E-state index in [4.69, 9.17) is 14.8 Å². The summed E-state index contributed by atoms with van der Waals surface area (Å²) in [6, 6.07) is 24.6. The molecule has 1 saturated carbocycles. The number of rotatable bonds is 11. The number of carbonyl (C=O) groups excluding carboxylic acids is 1. The summed E-state index contributed by atoms with van der Waals surface area (Å²) >= 11 is 0. The minimum absolute atomic E-state index is 0.0992. The highest BCUT2D eigenvalue weighted by Crippen LogP contribution is 2.34. The summed E-state index contributed by atoms with van der Waals surface area (Å²) in [6.07, 6.45) is 8.22. The number of fused-ring (bicyclic) bond motifs is 1. The van der Waals surface area contributed by atoms with Gasteiger partial charge in [0.1, 0.15) is 5.75 Å². The van der Waals surface area contributed by atoms with E-state index in [0.29, 0.717) is 30.5 Å². The number of carbonyl (C=O) groups is 1. The van der Waals surface area contributed by atoms with Gasteiger partial charge in [-0.3, -0.25) is 4.79 Å². The van der Waals surface area contributed by atoms with Gasteiger partial charge >= 0.3 is 0 Å². The molecule has 0 bridgehead atoms. The number of hydrogen-bond donors (Lipinski definition) is 2. The Bertz CT molecular complexity index is 1780. The van der Waals surface area contributed by atoms with Crippen molar-refractivity contribution in [3.05, 3.63) is 107 Å². The number of hydrogen-bond acceptors (Lipinski definition) is 6. The minimum Gasteiger partial charge on any atom is -0.497 e. The monoisotopic (exact) mass is 601 g/mol. The molecule has 7 nitrogen and oxygen atoms in total. The van der Waals surface area contributed by atoms with Crippen LogP contribution in [0.15, 0.2) is 79.0 Å². The van der Waals surface area contributed by atoms with Crippen LogP contribution >= 0.6 is 0 Å². The van der Waals surface area contributed by atoms with Crippen LogP contribution in [0.25, 0.3) is 11.0 Å². The van der Waals surface area contributed by atoms with Gasteiger partial charge in [0, 0.05) is 29.9 Å². The lowest BCUT2D eigenvalue weighted by Crippen LogP contribution is -2.22. The molecule has 7 heteroatoms. The summed E-state index contributed by atoms with van der Waals surface area (Å²) in [6.45, 7) is 7.11. The van der Waals surface area contributed by atoms with Crippen molar-refractivity contribution in [3.63, 3.8) is 0 Å². The number of benzene rings is 3. The van der Waals surface area contributed by atoms with E-state index < -0.39 is 0 Å². The molecule has 2 aromatic heterocycles. The molecule has 1 fully saturated rings. The highest BCUT2D eigenvalue weighted by molar-refractivity contribution is 6.01. The smallest absolute Gasteiger partial charge is 0.167 e. The third kappa shape index (κ3) is 7.03. The van der Waals surface area contributed by atoms with Gasteiger partial charge in [-0.25, -0.2) is 9.67 Å². The Morgan fingerprint density at radius 3 is 2.49 bits per heavy atom. The van der Waals surface area contributed by atoms with E-state index in [-0.39, 0.29) is 5.78 Å². The zero-order valence-electron chi connectivity index (χ0n) is 26.8. The van der Waals surface area contributed by atoms with E-state index in [1.54, 1.807) is 7.11 Å². The van der Waals surface area contributed by atoms with Crippen molar-refractivity contribution >= 4 is 34.0 Å². The van der Waals surface area contributed by atoms with Crippen LogP contribution in [0.1, 0.15) is 84.5 Å². The van der Waals surface area contributed by atoms with E-state index in [1.165, 1.54) is 30.4 Å². The van der Waals surface area contributed by atoms with Gasteiger partial charge in [0.2, 0.25) is 0 Å². The minimum atomic E-state index is 0.0992. The number of methoxy groups -OCH3 is 1. The number of ketones is 1. The molecule has 1 aliphatic carbocycles. The maximum Gasteiger partial charge on any atom is 0.167 e. The predicted octanol–water partition coefficient (Wildman–Crippen LogP) is 8.83. The Morgan fingerprint density at radius 2 is 1.76 bits per heavy atom. The van der Waals surface area contributed by atoms with Crippen molar-refractivity contribution in [2.45, 2.75) is 77.8 Å². The second kappa shape index (κ2) is 13.6. The molecule has 0 radical (unpaired) electrons. The van der Waals surface area contributed by atoms with Crippen LogP contribution in [0.4, 0.5) is 17.2 Å². The summed E-state index contributed by atoms with van der Waals surface area (Å²) in [4.78, 5) is 18.2. The van der Waals surface area contributed by atoms with Crippen molar-refractivity contribution in [1.82, 2.24) is 14.8 Å². The largest absolute Gasteiger partial charge is 0.497 e. The predicted molar refractivity (Wildman–Crippen MR) is 183 cm³/mol. The van der Waals surface area contributed by atoms with Gasteiger partial charge in [0.15, 0.2) is 17.2 Å². The number of aryl methyl sites for hydroxylation is 1. The highest BCUT2D eigenvalue weighted by atomic mass is 16.5. The normalized spacial score (nSPS) is 13.7. The Morgan fingerprint density at radius 1 is 0.978 bits per heavy atom. The molecular formula is C38H43N5O2. The van der Waals surface area contributed by atoms with Gasteiger partial charge in [-0.1, -0.05) is 75.6 Å². The third-order valence-corrected chi connectivity index (χ3v) is 8.85. The molecule has 6 rings (SSSR count). The number of ether oxygens (including phenoxy) is 1. The fourth-order valence-electron chi connectivity index (χ4n) is 6.47. The van der Waals surface area contributed by atoms with Gasteiger partial charge in [-0.15, -0.1) is 0 Å². The van der Waals surface area contributed by atoms with Crippen LogP contribution in [-0.2, 0) is 13.0 Å². The summed E-state index contributed by atoms with van der Waals surface area (Å²) in [7, 11) is 1.68. The summed E-state index contributed by atoms with van der Waals surface area (Å²) in [5.74, 6) is 2.23. The van der Waals surface area contributed by atoms with E-state index in [2.05, 4.69) is 61.7 Å². The molecule has 2 N–H and O–H groups in total. The number of anilines is 3. The topological polar surface area (TPSA) is 81.1 Å². The van der Waals surface area contributed by atoms with Gasteiger partial charge in [-0.2, -0.15) is 5.10 Å². The average Bonchev–Trinajstić information content (AvgIpc) is 3.39. The number of aromatic nitrogens is 3. The van der Waals surface area contributed by atoms with E-state index >= 15 is 0 Å². The molecule has 232 valence electrons. The van der Waals surface area contributed by atoms with Crippen LogP contribution in [0.5, 0.6) is 5.75 Å². The van der Waals surface area contributed by atoms with Crippen molar-refractivity contribution in [3.8, 4) is 5.75 Å². The molecule has 0 aliphatic heterocycles. The zero-order chi connectivity index (χ0) is 31.3. The average molecular weight is 602 g/mol. The molecule has 0 atom stereocenters. The summed E-state index contributed by atoms with van der Waals surface area (Å²) in [5, 5.41) is 13.4. The number of nitrogens with one attached hydrogen (secondary N) is 2. The van der Waals surface area contributed by atoms with Crippen LogP contribution < -0.4 is 15.4 Å². The molecule has 5 aromatic rings. The molecule has 2 heterocycles. The molecule has 3 aromatic carbocycles. The first-order chi connectivity index (χ1) is 21.9. The Kier molecular flexibility index (Phi) is 9.15. The van der Waals surface area contributed by atoms with Crippen molar-refractivity contribution in [2.24, 2.45) is 0 Å². The first kappa shape index (κ1) is 30.4. The fraction of sp³-hybridized carbons (Fsp3) is 0.342. The van der Waals surface area contributed by atoms with Gasteiger partial charge in [0.05, 0.1) is 24.7 Å². The standard InChI is InChI=1S/C38H43N5O2/c1-25(2)33-18-15-28(21-26(33)3)22-35(44)29-9-8-12-31(23-29)40-34-19-20-39-38-36(34)37(41-30-10-6-5-7-11-30)42-43(38)24-27-13-16-32(45-4)17-14-27/h8-9,12-21,23,25,30H,5-7,10-11,22,24H2,1-4H3,(H,39,40)(H,41,42). The van der Waals surface area contributed by atoms with E-state index in [1.807, 2.05) is 53.3 Å². The summed E-state index contributed by atoms with van der Waals surface area (Å²) in [5.41, 5.74) is 7.97. The molecule has 0 amide bonds. The first-order valence-corrected chi connectivity index (χ1v) is 16.1. The second-order valence-corrected chi connectivity index (χ2v) is 12.5. The maximum atomic E-state index is 13.4. The number of pyridine rings is 1. The Labute approximate surface area is 266 Å². The van der Waals surface area contributed by atoms with Crippen molar-refractivity contribution in [1.29, 1.82) is 0 Å². The van der Waals surface area contributed by atoms with Crippen LogP contribution in [0, 0.1) is 6.92 Å². The van der Waals surface area contributed by atoms with Crippen molar-refractivity contribution < 1.29 is 9.53 Å². The Balaban J connectivity index is 1.28. The lowest BCUT2D eigenvalue weighted by Gasteiger charge is -2.23. The SMILES string of the molecule is COc1ccc(Cn2nc(NC3CCCCC3)c3c(Nc4cccc(C(=O)Cc5ccc(C(C)C)c(C)c5)c4)ccnc32)cc1. The zero-order valence-corrected chi connectivity index (χ0v) is 26.8. The van der Waals surface area contributed by atoms with Crippen LogP contribution in [0.3, 0.4) is 0 Å².